The fourth-order valence-corrected chi connectivity index (χ4v) is 16.9. The minimum Gasteiger partial charge on any atom is -0.458 e. The zero-order valence-corrected chi connectivity index (χ0v) is 31.7. The van der Waals surface area contributed by atoms with Crippen LogP contribution in [0, 0.1) is 0 Å². The normalized spacial score (nSPS) is 14.4. The van der Waals surface area contributed by atoms with Gasteiger partial charge in [0.25, 0.3) is 6.71 Å². The SMILES string of the molecule is c1ccc([Si]2(c3ccc4sc5ccccc5c4c3)c3ccccc3N(c3ccc4c(c3)Sc3cccc5c3B4c3ccccc3O5)c3ccccc32)cc1. The van der Waals surface area contributed by atoms with Gasteiger partial charge in [0.05, 0.1) is 0 Å². The molecular weight excluding hydrogens is 710 g/mol. The molecule has 0 aliphatic carbocycles. The van der Waals surface area contributed by atoms with Crippen molar-refractivity contribution in [2.75, 3.05) is 4.90 Å². The highest BCUT2D eigenvalue weighted by Gasteiger charge is 2.49. The second-order valence-corrected chi connectivity index (χ2v) is 20.3. The Bertz CT molecular complexity index is 2950. The van der Waals surface area contributed by atoms with Crippen molar-refractivity contribution in [1.29, 1.82) is 0 Å². The summed E-state index contributed by atoms with van der Waals surface area (Å²) in [4.78, 5) is 5.09. The fraction of sp³-hybridized carbons (Fsp3) is 0. The molecule has 0 saturated carbocycles. The highest BCUT2D eigenvalue weighted by Crippen LogP contribution is 2.43. The molecule has 0 unspecified atom stereocenters. The lowest BCUT2D eigenvalue weighted by Gasteiger charge is -2.45. The molecule has 0 bridgehead atoms. The Morgan fingerprint density at radius 2 is 1.19 bits per heavy atom. The van der Waals surface area contributed by atoms with Crippen LogP contribution < -0.4 is 46.8 Å². The molecule has 3 aliphatic heterocycles. The molecule has 54 heavy (non-hydrogen) atoms. The third-order valence-corrected chi connectivity index (χ3v) is 18.8. The van der Waals surface area contributed by atoms with Crippen LogP contribution in [0.25, 0.3) is 20.2 Å². The van der Waals surface area contributed by atoms with Crippen LogP contribution in [-0.2, 0) is 0 Å². The second-order valence-electron chi connectivity index (χ2n) is 14.4. The molecule has 2 nitrogen and oxygen atoms in total. The predicted molar refractivity (Wildman–Crippen MR) is 233 cm³/mol. The van der Waals surface area contributed by atoms with E-state index in [1.165, 1.54) is 84.2 Å². The molecule has 0 radical (unpaired) electrons. The van der Waals surface area contributed by atoms with Crippen molar-refractivity contribution >= 4 is 112 Å². The average Bonchev–Trinajstić information content (AvgIpc) is 3.61. The molecule has 9 aromatic rings. The monoisotopic (exact) mass is 739 g/mol. The molecule has 0 atom stereocenters. The fourth-order valence-electron chi connectivity index (χ4n) is 9.46. The molecule has 0 N–H and O–H groups in total. The van der Waals surface area contributed by atoms with E-state index in [0.717, 1.165) is 11.5 Å². The minimum absolute atomic E-state index is 0.133. The summed E-state index contributed by atoms with van der Waals surface area (Å²) in [6.07, 6.45) is 0. The molecule has 3 aliphatic rings. The second kappa shape index (κ2) is 11.6. The number of fused-ring (bicyclic) bond motifs is 9. The van der Waals surface area contributed by atoms with Crippen molar-refractivity contribution in [1.82, 2.24) is 0 Å². The van der Waals surface area contributed by atoms with Crippen LogP contribution in [-0.4, -0.2) is 14.8 Å². The van der Waals surface area contributed by atoms with Crippen LogP contribution in [0.15, 0.2) is 192 Å². The summed E-state index contributed by atoms with van der Waals surface area (Å²) in [6, 6.07) is 68.2. The Hall–Kier alpha value is -5.79. The molecule has 0 spiro atoms. The van der Waals surface area contributed by atoms with Crippen molar-refractivity contribution in [3.63, 3.8) is 0 Å². The van der Waals surface area contributed by atoms with Crippen molar-refractivity contribution in [3.8, 4) is 11.5 Å². The number of rotatable bonds is 3. The Kier molecular flexibility index (Phi) is 6.59. The lowest BCUT2D eigenvalue weighted by molar-refractivity contribution is 0.486. The van der Waals surface area contributed by atoms with E-state index < -0.39 is 8.07 Å². The molecule has 12 rings (SSSR count). The maximum atomic E-state index is 6.45. The first kappa shape index (κ1) is 30.7. The van der Waals surface area contributed by atoms with Gasteiger partial charge in [0.15, 0.2) is 8.07 Å². The quantitative estimate of drug-likeness (QED) is 0.169. The molecule has 252 valence electrons. The highest BCUT2D eigenvalue weighted by molar-refractivity contribution is 8.00. The number of nitrogens with zero attached hydrogens (tertiary/aromatic N) is 1. The van der Waals surface area contributed by atoms with E-state index in [1.807, 2.05) is 23.1 Å². The van der Waals surface area contributed by atoms with Crippen LogP contribution in [0.3, 0.4) is 0 Å². The summed E-state index contributed by atoms with van der Waals surface area (Å²) < 4.78 is 9.13. The number of thiophene rings is 1. The lowest BCUT2D eigenvalue weighted by atomic mass is 9.35. The van der Waals surface area contributed by atoms with Gasteiger partial charge < -0.3 is 9.64 Å². The zero-order valence-electron chi connectivity index (χ0n) is 29.1. The van der Waals surface area contributed by atoms with Gasteiger partial charge >= 0.3 is 0 Å². The smallest absolute Gasteiger partial charge is 0.253 e. The van der Waals surface area contributed by atoms with Crippen molar-refractivity contribution < 1.29 is 4.74 Å². The summed E-state index contributed by atoms with van der Waals surface area (Å²) in [5.41, 5.74) is 7.53. The minimum atomic E-state index is -2.82. The summed E-state index contributed by atoms with van der Waals surface area (Å²) in [5.74, 6) is 1.91. The highest BCUT2D eigenvalue weighted by atomic mass is 32.2. The van der Waals surface area contributed by atoms with E-state index >= 15 is 0 Å². The Morgan fingerprint density at radius 3 is 2.04 bits per heavy atom. The zero-order chi connectivity index (χ0) is 35.4. The third kappa shape index (κ3) is 4.19. The van der Waals surface area contributed by atoms with Crippen molar-refractivity contribution in [2.45, 2.75) is 9.79 Å². The number of para-hydroxylation sites is 3. The topological polar surface area (TPSA) is 12.5 Å². The summed E-state index contributed by atoms with van der Waals surface area (Å²) in [5, 5.41) is 8.31. The standard InChI is InChI=1S/C48H30BNOS2Si/c1-2-13-32(14-3-1)54(33-26-28-43-35(30-33)34-15-4-9-21-42(34)52-43)46-23-10-6-17-38(46)50(39-18-7-11-24-47(39)54)31-25-27-37-45(29-31)53-44-22-12-20-41-48(44)49(37)36-16-5-8-19-40(36)51-41/h1-30H. The summed E-state index contributed by atoms with van der Waals surface area (Å²) in [6.45, 7) is 0.133. The number of benzene rings is 8. The van der Waals surface area contributed by atoms with Gasteiger partial charge in [-0.2, -0.15) is 0 Å². The van der Waals surface area contributed by atoms with E-state index in [-0.39, 0.29) is 6.71 Å². The maximum Gasteiger partial charge on any atom is 0.253 e. The van der Waals surface area contributed by atoms with Crippen LogP contribution in [0.5, 0.6) is 11.5 Å². The van der Waals surface area contributed by atoms with E-state index in [2.05, 4.69) is 187 Å². The third-order valence-electron chi connectivity index (χ3n) is 11.7. The van der Waals surface area contributed by atoms with Gasteiger partial charge in [-0.05, 0) is 86.3 Å². The summed E-state index contributed by atoms with van der Waals surface area (Å²) in [7, 11) is -2.82. The molecule has 0 amide bonds. The van der Waals surface area contributed by atoms with Crippen molar-refractivity contribution in [3.05, 3.63) is 182 Å². The van der Waals surface area contributed by atoms with E-state index in [1.54, 1.807) is 0 Å². The van der Waals surface area contributed by atoms with Crippen LogP contribution >= 0.6 is 23.1 Å². The van der Waals surface area contributed by atoms with Gasteiger partial charge in [-0.25, -0.2) is 0 Å². The molecule has 1 aromatic heterocycles. The first-order chi connectivity index (χ1) is 26.8. The molecule has 6 heteroatoms. The molecule has 0 fully saturated rings. The van der Waals surface area contributed by atoms with E-state index in [9.17, 15) is 0 Å². The number of ether oxygens (including phenoxy) is 1. The Balaban J connectivity index is 1.10. The molecule has 0 saturated heterocycles. The van der Waals surface area contributed by atoms with Gasteiger partial charge in [0.1, 0.15) is 11.5 Å². The molecular formula is C48H30BNOS2Si. The first-order valence-corrected chi connectivity index (χ1v) is 22.1. The van der Waals surface area contributed by atoms with Gasteiger partial charge in [-0.15, -0.1) is 11.3 Å². The predicted octanol–water partition coefficient (Wildman–Crippen LogP) is 8.30. The average molecular weight is 740 g/mol. The van der Waals surface area contributed by atoms with Gasteiger partial charge in [0, 0.05) is 47.0 Å². The number of hydrogen-bond donors (Lipinski definition) is 0. The Morgan fingerprint density at radius 1 is 0.481 bits per heavy atom. The van der Waals surface area contributed by atoms with E-state index in [0.29, 0.717) is 0 Å². The lowest BCUT2D eigenvalue weighted by Crippen LogP contribution is -2.77. The van der Waals surface area contributed by atoms with Crippen LogP contribution in [0.1, 0.15) is 0 Å². The molecule has 8 aromatic carbocycles. The first-order valence-electron chi connectivity index (χ1n) is 18.5. The van der Waals surface area contributed by atoms with Crippen molar-refractivity contribution in [2.24, 2.45) is 0 Å². The van der Waals surface area contributed by atoms with Crippen LogP contribution in [0.4, 0.5) is 17.1 Å². The van der Waals surface area contributed by atoms with Gasteiger partial charge in [-0.3, -0.25) is 0 Å². The molecule has 4 heterocycles. The van der Waals surface area contributed by atoms with E-state index in [4.69, 9.17) is 4.74 Å². The summed E-state index contributed by atoms with van der Waals surface area (Å²) >= 11 is 3.75. The largest absolute Gasteiger partial charge is 0.458 e. The van der Waals surface area contributed by atoms with Gasteiger partial charge in [0.2, 0.25) is 0 Å². The number of hydrogen-bond acceptors (Lipinski definition) is 4. The van der Waals surface area contributed by atoms with Crippen LogP contribution in [0.2, 0.25) is 0 Å². The Labute approximate surface area is 323 Å². The van der Waals surface area contributed by atoms with Gasteiger partial charge in [-0.1, -0.05) is 145 Å². The number of anilines is 3. The maximum absolute atomic E-state index is 6.45.